The number of benzene rings is 1. The molecule has 3 heterocycles. The Morgan fingerprint density at radius 2 is 1.81 bits per heavy atom. The van der Waals surface area contributed by atoms with E-state index in [1.807, 2.05) is 30.9 Å². The quantitative estimate of drug-likeness (QED) is 0.455. The molecule has 166 valence electrons. The van der Waals surface area contributed by atoms with Crippen LogP contribution < -0.4 is 5.32 Å². The highest BCUT2D eigenvalue weighted by molar-refractivity contribution is 5.93. The lowest BCUT2D eigenvalue weighted by Crippen LogP contribution is -2.28. The van der Waals surface area contributed by atoms with Crippen LogP contribution in [0.15, 0.2) is 48.8 Å². The number of amides is 1. The van der Waals surface area contributed by atoms with Gasteiger partial charge in [-0.3, -0.25) is 9.48 Å². The van der Waals surface area contributed by atoms with Crippen molar-refractivity contribution in [2.24, 2.45) is 7.05 Å². The van der Waals surface area contributed by atoms with E-state index in [1.165, 1.54) is 5.56 Å². The van der Waals surface area contributed by atoms with E-state index in [0.29, 0.717) is 17.3 Å². The van der Waals surface area contributed by atoms with Gasteiger partial charge >= 0.3 is 0 Å². The van der Waals surface area contributed by atoms with E-state index >= 15 is 0 Å². The first kappa shape index (κ1) is 21.7. The summed E-state index contributed by atoms with van der Waals surface area (Å²) in [6.45, 7) is 8.50. The Labute approximate surface area is 188 Å². The molecule has 0 aliphatic heterocycles. The number of aryl methyl sites for hydroxylation is 1. The first-order valence-electron chi connectivity index (χ1n) is 11.2. The second kappa shape index (κ2) is 8.94. The van der Waals surface area contributed by atoms with Gasteiger partial charge in [0.25, 0.3) is 5.91 Å². The van der Waals surface area contributed by atoms with E-state index < -0.39 is 0 Å². The number of hydrogen-bond donors (Lipinski definition) is 1. The van der Waals surface area contributed by atoms with E-state index in [1.54, 1.807) is 16.8 Å². The molecule has 2 atom stereocenters. The highest BCUT2D eigenvalue weighted by Gasteiger charge is 2.19. The third-order valence-electron chi connectivity index (χ3n) is 6.34. The molecule has 0 aliphatic rings. The van der Waals surface area contributed by atoms with Crippen LogP contribution >= 0.6 is 0 Å². The van der Waals surface area contributed by atoms with Gasteiger partial charge in [-0.25, -0.2) is 9.50 Å². The van der Waals surface area contributed by atoms with Crippen LogP contribution in [0.1, 0.15) is 72.9 Å². The van der Waals surface area contributed by atoms with Gasteiger partial charge in [-0.05, 0) is 42.9 Å². The average Bonchev–Trinajstić information content (AvgIpc) is 3.40. The van der Waals surface area contributed by atoms with E-state index in [4.69, 9.17) is 0 Å². The summed E-state index contributed by atoms with van der Waals surface area (Å²) in [4.78, 5) is 17.5. The maximum Gasteiger partial charge on any atom is 0.272 e. The first-order valence-corrected chi connectivity index (χ1v) is 11.2. The predicted molar refractivity (Wildman–Crippen MR) is 126 cm³/mol. The molecule has 1 aromatic carbocycles. The van der Waals surface area contributed by atoms with Crippen LogP contribution in [0.3, 0.4) is 0 Å². The number of carbonyl (C=O) groups is 1. The van der Waals surface area contributed by atoms with Gasteiger partial charge in [-0.2, -0.15) is 10.2 Å². The van der Waals surface area contributed by atoms with Crippen LogP contribution in [0.25, 0.3) is 16.9 Å². The Bertz CT molecular complexity index is 1240. The van der Waals surface area contributed by atoms with Gasteiger partial charge in [0.2, 0.25) is 0 Å². The molecule has 4 rings (SSSR count). The van der Waals surface area contributed by atoms with Crippen molar-refractivity contribution in [3.63, 3.8) is 0 Å². The molecule has 1 N–H and O–H groups in total. The molecule has 3 aromatic heterocycles. The van der Waals surface area contributed by atoms with Gasteiger partial charge in [0.15, 0.2) is 11.3 Å². The van der Waals surface area contributed by atoms with Crippen molar-refractivity contribution in [1.82, 2.24) is 29.7 Å². The summed E-state index contributed by atoms with van der Waals surface area (Å²) in [7, 11) is 1.90. The zero-order chi connectivity index (χ0) is 22.8. The molecule has 7 nitrogen and oxygen atoms in total. The van der Waals surface area contributed by atoms with Crippen molar-refractivity contribution in [3.8, 4) is 11.3 Å². The summed E-state index contributed by atoms with van der Waals surface area (Å²) in [6.07, 6.45) is 5.44. The molecule has 2 unspecified atom stereocenters. The van der Waals surface area contributed by atoms with Crippen molar-refractivity contribution >= 4 is 11.6 Å². The summed E-state index contributed by atoms with van der Waals surface area (Å²) < 4.78 is 3.53. The predicted octanol–water partition coefficient (Wildman–Crippen LogP) is 4.83. The fraction of sp³-hybridized carbons (Fsp3) is 0.360. The second-order valence-electron chi connectivity index (χ2n) is 8.31. The average molecular weight is 431 g/mol. The summed E-state index contributed by atoms with van der Waals surface area (Å²) in [5.74, 6) is 0.323. The highest BCUT2D eigenvalue weighted by Crippen LogP contribution is 2.25. The molecule has 7 heteroatoms. The number of nitrogens with zero attached hydrogens (tertiary/aromatic N) is 5. The zero-order valence-electron chi connectivity index (χ0n) is 19.3. The fourth-order valence-electron chi connectivity index (χ4n) is 3.91. The third kappa shape index (κ3) is 4.02. The molecule has 0 aliphatic carbocycles. The number of carbonyl (C=O) groups excluding carboxylic acids is 1. The van der Waals surface area contributed by atoms with E-state index in [9.17, 15) is 4.79 Å². The van der Waals surface area contributed by atoms with Crippen LogP contribution in [-0.2, 0) is 7.05 Å². The standard InChI is InChI=1S/C25H30N6O/c1-6-16(3)18-8-10-19(11-9-18)21(7-2)28-25(32)22-14-24-26-13-12-23(31(24)29-22)20-15-27-30(5)17(20)4/h8-16,21H,6-7H2,1-5H3,(H,28,32). The fourth-order valence-corrected chi connectivity index (χ4v) is 3.91. The molecule has 0 radical (unpaired) electrons. The molecule has 0 saturated heterocycles. The van der Waals surface area contributed by atoms with Crippen molar-refractivity contribution in [1.29, 1.82) is 0 Å². The maximum atomic E-state index is 13.1. The van der Waals surface area contributed by atoms with E-state index in [-0.39, 0.29) is 11.9 Å². The van der Waals surface area contributed by atoms with E-state index in [2.05, 4.69) is 65.5 Å². The number of aromatic nitrogens is 5. The minimum absolute atomic E-state index is 0.0775. The summed E-state index contributed by atoms with van der Waals surface area (Å²) in [5.41, 5.74) is 6.23. The number of hydrogen-bond acceptors (Lipinski definition) is 4. The summed E-state index contributed by atoms with van der Waals surface area (Å²) in [5, 5.41) is 12.0. The summed E-state index contributed by atoms with van der Waals surface area (Å²) >= 11 is 0. The Hall–Kier alpha value is -3.48. The largest absolute Gasteiger partial charge is 0.344 e. The Morgan fingerprint density at radius 1 is 1.09 bits per heavy atom. The van der Waals surface area contributed by atoms with Gasteiger partial charge in [0, 0.05) is 30.6 Å². The monoisotopic (exact) mass is 430 g/mol. The molecular weight excluding hydrogens is 400 g/mol. The Balaban J connectivity index is 1.59. The molecule has 32 heavy (non-hydrogen) atoms. The second-order valence-corrected chi connectivity index (χ2v) is 8.31. The van der Waals surface area contributed by atoms with Crippen LogP contribution in [0, 0.1) is 6.92 Å². The zero-order valence-corrected chi connectivity index (χ0v) is 19.3. The van der Waals surface area contributed by atoms with Crippen LogP contribution in [0.5, 0.6) is 0 Å². The third-order valence-corrected chi connectivity index (χ3v) is 6.34. The topological polar surface area (TPSA) is 77.1 Å². The van der Waals surface area contributed by atoms with Crippen LogP contribution in [-0.4, -0.2) is 30.3 Å². The maximum absolute atomic E-state index is 13.1. The lowest BCUT2D eigenvalue weighted by atomic mass is 9.95. The summed E-state index contributed by atoms with van der Waals surface area (Å²) in [6, 6.07) is 12.1. The number of nitrogens with one attached hydrogen (secondary N) is 1. The molecule has 0 spiro atoms. The van der Waals surface area contributed by atoms with Crippen molar-refractivity contribution in [2.75, 3.05) is 0 Å². The minimum Gasteiger partial charge on any atom is -0.344 e. The van der Waals surface area contributed by atoms with Crippen LogP contribution in [0.2, 0.25) is 0 Å². The Morgan fingerprint density at radius 3 is 2.44 bits per heavy atom. The highest BCUT2D eigenvalue weighted by atomic mass is 16.2. The minimum atomic E-state index is -0.206. The SMILES string of the molecule is CCC(C)c1ccc(C(CC)NC(=O)c2cc3nccc(-c4cnn(C)c4C)n3n2)cc1. The van der Waals surface area contributed by atoms with Crippen LogP contribution in [0.4, 0.5) is 0 Å². The van der Waals surface area contributed by atoms with Crippen molar-refractivity contribution in [3.05, 3.63) is 71.3 Å². The molecule has 0 bridgehead atoms. The molecular formula is C25H30N6O. The first-order chi connectivity index (χ1) is 15.4. The van der Waals surface area contributed by atoms with Gasteiger partial charge in [0.05, 0.1) is 17.9 Å². The Kier molecular flexibility index (Phi) is 6.08. The molecule has 4 aromatic rings. The van der Waals surface area contributed by atoms with Gasteiger partial charge in [-0.1, -0.05) is 45.0 Å². The molecule has 1 amide bonds. The van der Waals surface area contributed by atoms with Crippen molar-refractivity contribution in [2.45, 2.75) is 52.5 Å². The number of fused-ring (bicyclic) bond motifs is 1. The molecule has 0 fully saturated rings. The number of rotatable bonds is 7. The molecule has 0 saturated carbocycles. The van der Waals surface area contributed by atoms with Crippen molar-refractivity contribution < 1.29 is 4.79 Å². The van der Waals surface area contributed by atoms with Gasteiger partial charge in [0.1, 0.15) is 0 Å². The lowest BCUT2D eigenvalue weighted by Gasteiger charge is -2.18. The smallest absolute Gasteiger partial charge is 0.272 e. The normalized spacial score (nSPS) is 13.3. The van der Waals surface area contributed by atoms with Gasteiger partial charge < -0.3 is 5.32 Å². The van der Waals surface area contributed by atoms with Gasteiger partial charge in [-0.15, -0.1) is 0 Å². The lowest BCUT2D eigenvalue weighted by molar-refractivity contribution is 0.0930. The van der Waals surface area contributed by atoms with E-state index in [0.717, 1.165) is 35.4 Å².